The molecule has 0 aliphatic carbocycles. The molecular formula is C16H15BrN2O2. The molecule has 0 unspecified atom stereocenters. The van der Waals surface area contributed by atoms with Crippen LogP contribution < -0.4 is 5.43 Å². The minimum Gasteiger partial charge on any atom is -0.507 e. The van der Waals surface area contributed by atoms with Crippen LogP contribution in [0.4, 0.5) is 0 Å². The number of carbonyl (C=O) groups is 1. The zero-order valence-electron chi connectivity index (χ0n) is 11.3. The van der Waals surface area contributed by atoms with Gasteiger partial charge in [0.15, 0.2) is 0 Å². The Labute approximate surface area is 131 Å². The van der Waals surface area contributed by atoms with Crippen LogP contribution >= 0.6 is 15.9 Å². The third-order valence-electron chi connectivity index (χ3n) is 2.87. The van der Waals surface area contributed by atoms with Gasteiger partial charge in [-0.2, -0.15) is 5.10 Å². The minimum absolute atomic E-state index is 0.112. The number of nitrogens with one attached hydrogen (secondary N) is 1. The summed E-state index contributed by atoms with van der Waals surface area (Å²) in [5.41, 5.74) is 4.10. The van der Waals surface area contributed by atoms with Crippen molar-refractivity contribution in [3.8, 4) is 5.75 Å². The van der Waals surface area contributed by atoms with E-state index in [0.717, 1.165) is 10.0 Å². The number of aromatic hydroxyl groups is 1. The second kappa shape index (κ2) is 7.59. The van der Waals surface area contributed by atoms with Crippen molar-refractivity contribution >= 4 is 28.1 Å². The number of phenolic OH excluding ortho intramolecular Hbond substituents is 1. The zero-order chi connectivity index (χ0) is 15.1. The molecule has 0 saturated carbocycles. The smallest absolute Gasteiger partial charge is 0.240 e. The lowest BCUT2D eigenvalue weighted by atomic mass is 10.1. The predicted molar refractivity (Wildman–Crippen MR) is 86.3 cm³/mol. The predicted octanol–water partition coefficient (Wildman–Crippen LogP) is 3.24. The number of hydrogen-bond donors (Lipinski definition) is 2. The second-order valence-electron chi connectivity index (χ2n) is 4.48. The van der Waals surface area contributed by atoms with Gasteiger partial charge in [-0.1, -0.05) is 46.3 Å². The van der Waals surface area contributed by atoms with Crippen molar-refractivity contribution in [1.29, 1.82) is 0 Å². The van der Waals surface area contributed by atoms with Crippen LogP contribution in [-0.2, 0) is 11.2 Å². The monoisotopic (exact) mass is 346 g/mol. The van der Waals surface area contributed by atoms with Crippen LogP contribution in [0.25, 0.3) is 0 Å². The van der Waals surface area contributed by atoms with Gasteiger partial charge < -0.3 is 5.11 Å². The summed E-state index contributed by atoms with van der Waals surface area (Å²) < 4.78 is 0.831. The van der Waals surface area contributed by atoms with Gasteiger partial charge >= 0.3 is 0 Å². The molecule has 0 heterocycles. The first kappa shape index (κ1) is 15.3. The Morgan fingerprint density at radius 2 is 2.00 bits per heavy atom. The lowest BCUT2D eigenvalue weighted by Crippen LogP contribution is -2.17. The topological polar surface area (TPSA) is 61.7 Å². The van der Waals surface area contributed by atoms with Crippen molar-refractivity contribution in [2.45, 2.75) is 12.8 Å². The maximum atomic E-state index is 11.7. The molecule has 2 aromatic rings. The van der Waals surface area contributed by atoms with Gasteiger partial charge in [-0.15, -0.1) is 0 Å². The number of aryl methyl sites for hydroxylation is 1. The lowest BCUT2D eigenvalue weighted by molar-refractivity contribution is -0.121. The molecule has 2 rings (SSSR count). The maximum absolute atomic E-state index is 11.7. The van der Waals surface area contributed by atoms with Crippen LogP contribution in [-0.4, -0.2) is 17.2 Å². The maximum Gasteiger partial charge on any atom is 0.240 e. The van der Waals surface area contributed by atoms with Gasteiger partial charge in [-0.25, -0.2) is 5.43 Å². The Hall–Kier alpha value is -2.14. The first-order valence-electron chi connectivity index (χ1n) is 6.49. The van der Waals surface area contributed by atoms with Crippen LogP contribution in [0.3, 0.4) is 0 Å². The number of nitrogens with zero attached hydrogens (tertiary/aromatic N) is 1. The highest BCUT2D eigenvalue weighted by Gasteiger charge is 2.01. The summed E-state index contributed by atoms with van der Waals surface area (Å²) in [6, 6.07) is 14.8. The first-order valence-corrected chi connectivity index (χ1v) is 7.29. The van der Waals surface area contributed by atoms with Crippen molar-refractivity contribution in [3.05, 3.63) is 64.1 Å². The summed E-state index contributed by atoms with van der Waals surface area (Å²) in [5.74, 6) is -0.0509. The average molecular weight is 347 g/mol. The van der Waals surface area contributed by atoms with Gasteiger partial charge in [-0.3, -0.25) is 4.79 Å². The SMILES string of the molecule is O=C(CCc1ccccc1)N/N=C\c1cc(Br)ccc1O. The lowest BCUT2D eigenvalue weighted by Gasteiger charge is -2.01. The minimum atomic E-state index is -0.162. The summed E-state index contributed by atoms with van der Waals surface area (Å²) in [6.45, 7) is 0. The van der Waals surface area contributed by atoms with Gasteiger partial charge in [0.2, 0.25) is 5.91 Å². The third-order valence-corrected chi connectivity index (χ3v) is 3.36. The molecule has 0 aliphatic heterocycles. The summed E-state index contributed by atoms with van der Waals surface area (Å²) in [5, 5.41) is 13.5. The van der Waals surface area contributed by atoms with E-state index in [1.165, 1.54) is 6.21 Å². The van der Waals surface area contributed by atoms with Gasteiger partial charge in [0.25, 0.3) is 0 Å². The van der Waals surface area contributed by atoms with E-state index in [1.54, 1.807) is 18.2 Å². The molecule has 4 nitrogen and oxygen atoms in total. The van der Waals surface area contributed by atoms with Gasteiger partial charge in [0.05, 0.1) is 6.21 Å². The molecule has 0 fully saturated rings. The van der Waals surface area contributed by atoms with E-state index in [2.05, 4.69) is 26.5 Å². The molecule has 0 radical (unpaired) electrons. The molecule has 0 aromatic heterocycles. The number of benzene rings is 2. The fraction of sp³-hybridized carbons (Fsp3) is 0.125. The molecular weight excluding hydrogens is 332 g/mol. The number of hydrogen-bond acceptors (Lipinski definition) is 3. The molecule has 108 valence electrons. The van der Waals surface area contributed by atoms with E-state index >= 15 is 0 Å². The molecule has 21 heavy (non-hydrogen) atoms. The van der Waals surface area contributed by atoms with Crippen molar-refractivity contribution < 1.29 is 9.90 Å². The molecule has 0 atom stereocenters. The molecule has 1 amide bonds. The highest BCUT2D eigenvalue weighted by molar-refractivity contribution is 9.10. The Morgan fingerprint density at radius 3 is 2.76 bits per heavy atom. The van der Waals surface area contributed by atoms with Crippen molar-refractivity contribution in [2.24, 2.45) is 5.10 Å². The summed E-state index contributed by atoms with van der Waals surface area (Å²) in [7, 11) is 0. The Bertz CT molecular complexity index is 642. The van der Waals surface area contributed by atoms with Crippen molar-refractivity contribution in [2.75, 3.05) is 0 Å². The summed E-state index contributed by atoms with van der Waals surface area (Å²) in [4.78, 5) is 11.7. The molecule has 5 heteroatoms. The van der Waals surface area contributed by atoms with Gasteiger partial charge in [0.1, 0.15) is 5.75 Å². The second-order valence-corrected chi connectivity index (χ2v) is 5.40. The van der Waals surface area contributed by atoms with E-state index in [0.29, 0.717) is 18.4 Å². The number of phenols is 1. The van der Waals surface area contributed by atoms with Crippen LogP contribution in [0, 0.1) is 0 Å². The quantitative estimate of drug-likeness (QED) is 0.644. The van der Waals surface area contributed by atoms with Crippen LogP contribution in [0.5, 0.6) is 5.75 Å². The number of amides is 1. The van der Waals surface area contributed by atoms with Gasteiger partial charge in [-0.05, 0) is 30.2 Å². The number of carbonyl (C=O) groups excluding carboxylic acids is 1. The highest BCUT2D eigenvalue weighted by atomic mass is 79.9. The van der Waals surface area contributed by atoms with E-state index in [1.807, 2.05) is 30.3 Å². The molecule has 2 N–H and O–H groups in total. The van der Waals surface area contributed by atoms with Crippen LogP contribution in [0.1, 0.15) is 17.5 Å². The van der Waals surface area contributed by atoms with E-state index in [4.69, 9.17) is 0 Å². The Balaban J connectivity index is 1.83. The van der Waals surface area contributed by atoms with E-state index < -0.39 is 0 Å². The van der Waals surface area contributed by atoms with Crippen LogP contribution in [0.2, 0.25) is 0 Å². The normalized spacial score (nSPS) is 10.7. The van der Waals surface area contributed by atoms with Crippen molar-refractivity contribution in [3.63, 3.8) is 0 Å². The fourth-order valence-corrected chi connectivity index (χ4v) is 2.14. The number of rotatable bonds is 5. The van der Waals surface area contributed by atoms with Crippen molar-refractivity contribution in [1.82, 2.24) is 5.43 Å². The van der Waals surface area contributed by atoms with Gasteiger partial charge in [0, 0.05) is 16.5 Å². The average Bonchev–Trinajstić information content (AvgIpc) is 2.50. The Morgan fingerprint density at radius 1 is 1.24 bits per heavy atom. The number of hydrazone groups is 1. The van der Waals surface area contributed by atoms with E-state index in [9.17, 15) is 9.90 Å². The molecule has 2 aromatic carbocycles. The third kappa shape index (κ3) is 5.04. The summed E-state index contributed by atoms with van der Waals surface area (Å²) >= 11 is 3.31. The molecule has 0 bridgehead atoms. The molecule has 0 spiro atoms. The molecule has 0 saturated heterocycles. The first-order chi connectivity index (χ1) is 10.1. The standard InChI is InChI=1S/C16H15BrN2O2/c17-14-7-8-15(20)13(10-14)11-18-19-16(21)9-6-12-4-2-1-3-5-12/h1-5,7-8,10-11,20H,6,9H2,(H,19,21)/b18-11-. The Kier molecular flexibility index (Phi) is 5.51. The summed E-state index contributed by atoms with van der Waals surface area (Å²) in [6.07, 6.45) is 2.46. The zero-order valence-corrected chi connectivity index (χ0v) is 12.9. The number of halogens is 1. The largest absolute Gasteiger partial charge is 0.507 e. The molecule has 0 aliphatic rings. The van der Waals surface area contributed by atoms with Crippen LogP contribution in [0.15, 0.2) is 58.1 Å². The fourth-order valence-electron chi connectivity index (χ4n) is 1.76. The highest BCUT2D eigenvalue weighted by Crippen LogP contribution is 2.19. The van der Waals surface area contributed by atoms with E-state index in [-0.39, 0.29) is 11.7 Å².